The Kier molecular flexibility index (Phi) is 3.83. The number of hydrogen-bond donors (Lipinski definition) is 0. The largest absolute Gasteiger partial charge is 0.461 e. The zero-order chi connectivity index (χ0) is 17.5. The molecule has 0 aromatic carbocycles. The molecule has 5 rings (SSSR count). The standard InChI is InChI=1S/C17H19N5O4/c1-10-14(17-19-15(20-26-17)11-4-5-11)22(6-8-23-10)9-13-18-16(21-25-13)12-3-2-7-24-12/h2-3,7,10-11,14H,4-6,8-9H2,1H3/t10-,14+/m1/s1. The fourth-order valence-electron chi connectivity index (χ4n) is 3.29. The van der Waals surface area contributed by atoms with Gasteiger partial charge in [0.1, 0.15) is 6.04 Å². The molecule has 1 saturated heterocycles. The molecule has 1 aliphatic heterocycles. The minimum atomic E-state index is -0.136. The lowest BCUT2D eigenvalue weighted by Gasteiger charge is -2.36. The minimum Gasteiger partial charge on any atom is -0.461 e. The molecular weight excluding hydrogens is 338 g/mol. The third-order valence-corrected chi connectivity index (χ3v) is 4.80. The molecule has 0 radical (unpaired) electrons. The van der Waals surface area contributed by atoms with Gasteiger partial charge in [-0.25, -0.2) is 0 Å². The normalized spacial score (nSPS) is 24.2. The van der Waals surface area contributed by atoms with Gasteiger partial charge in [-0.3, -0.25) is 4.90 Å². The molecule has 9 nitrogen and oxygen atoms in total. The van der Waals surface area contributed by atoms with Crippen molar-refractivity contribution in [1.29, 1.82) is 0 Å². The Morgan fingerprint density at radius 2 is 2.12 bits per heavy atom. The quantitative estimate of drug-likeness (QED) is 0.681. The molecule has 0 bridgehead atoms. The van der Waals surface area contributed by atoms with Crippen molar-refractivity contribution >= 4 is 0 Å². The molecule has 1 saturated carbocycles. The lowest BCUT2D eigenvalue weighted by Crippen LogP contribution is -2.43. The Morgan fingerprint density at radius 3 is 2.92 bits per heavy atom. The number of hydrogen-bond acceptors (Lipinski definition) is 9. The van der Waals surface area contributed by atoms with E-state index in [4.69, 9.17) is 18.2 Å². The van der Waals surface area contributed by atoms with Gasteiger partial charge in [0.2, 0.25) is 17.6 Å². The van der Waals surface area contributed by atoms with Gasteiger partial charge >= 0.3 is 0 Å². The van der Waals surface area contributed by atoms with Crippen molar-refractivity contribution in [3.8, 4) is 11.6 Å². The average Bonchev–Trinajstić information content (AvgIpc) is 3.08. The van der Waals surface area contributed by atoms with Gasteiger partial charge in [-0.2, -0.15) is 9.97 Å². The molecule has 26 heavy (non-hydrogen) atoms. The van der Waals surface area contributed by atoms with Gasteiger partial charge in [0.15, 0.2) is 11.6 Å². The van der Waals surface area contributed by atoms with Crippen LogP contribution in [0, 0.1) is 0 Å². The maximum Gasteiger partial charge on any atom is 0.246 e. The van der Waals surface area contributed by atoms with E-state index in [-0.39, 0.29) is 12.1 Å². The van der Waals surface area contributed by atoms with E-state index in [9.17, 15) is 0 Å². The van der Waals surface area contributed by atoms with Gasteiger partial charge in [-0.15, -0.1) is 0 Å². The molecule has 0 N–H and O–H groups in total. The zero-order valence-corrected chi connectivity index (χ0v) is 14.4. The number of furan rings is 1. The number of ether oxygens (including phenoxy) is 1. The van der Waals surface area contributed by atoms with Gasteiger partial charge in [0.25, 0.3) is 0 Å². The van der Waals surface area contributed by atoms with Crippen LogP contribution in [-0.4, -0.2) is 44.4 Å². The van der Waals surface area contributed by atoms with E-state index >= 15 is 0 Å². The summed E-state index contributed by atoms with van der Waals surface area (Å²) in [6.07, 6.45) is 3.79. The Balaban J connectivity index is 1.37. The molecular formula is C17H19N5O4. The molecule has 0 unspecified atom stereocenters. The maximum absolute atomic E-state index is 5.81. The topological polar surface area (TPSA) is 103 Å². The molecule has 136 valence electrons. The highest BCUT2D eigenvalue weighted by Gasteiger charge is 2.38. The Morgan fingerprint density at radius 1 is 1.19 bits per heavy atom. The second-order valence-corrected chi connectivity index (χ2v) is 6.75. The van der Waals surface area contributed by atoms with E-state index in [0.717, 1.165) is 18.7 Å². The second kappa shape index (κ2) is 6.33. The predicted octanol–water partition coefficient (Wildman–Crippen LogP) is 2.55. The summed E-state index contributed by atoms with van der Waals surface area (Å²) < 4.78 is 22.1. The monoisotopic (exact) mass is 357 g/mol. The van der Waals surface area contributed by atoms with Gasteiger partial charge in [0, 0.05) is 12.5 Å². The van der Waals surface area contributed by atoms with Crippen LogP contribution in [0.1, 0.15) is 49.3 Å². The van der Waals surface area contributed by atoms with Crippen molar-refractivity contribution in [2.45, 2.75) is 44.4 Å². The van der Waals surface area contributed by atoms with Gasteiger partial charge in [0.05, 0.1) is 25.5 Å². The summed E-state index contributed by atoms with van der Waals surface area (Å²) in [5.41, 5.74) is 0. The second-order valence-electron chi connectivity index (χ2n) is 6.75. The predicted molar refractivity (Wildman–Crippen MR) is 86.8 cm³/mol. The summed E-state index contributed by atoms with van der Waals surface area (Å²) in [7, 11) is 0. The van der Waals surface area contributed by atoms with Crippen LogP contribution < -0.4 is 0 Å². The summed E-state index contributed by atoms with van der Waals surface area (Å²) in [5.74, 6) is 3.38. The van der Waals surface area contributed by atoms with E-state index in [1.54, 1.807) is 18.4 Å². The van der Waals surface area contributed by atoms with Gasteiger partial charge in [-0.05, 0) is 31.9 Å². The first kappa shape index (κ1) is 15.7. The molecule has 0 spiro atoms. The Hall–Kier alpha value is -2.52. The minimum absolute atomic E-state index is 0.0660. The third-order valence-electron chi connectivity index (χ3n) is 4.80. The molecule has 1 aliphatic carbocycles. The van der Waals surface area contributed by atoms with E-state index in [1.807, 2.05) is 6.92 Å². The maximum atomic E-state index is 5.81. The van der Waals surface area contributed by atoms with Crippen LogP contribution in [-0.2, 0) is 11.3 Å². The first-order valence-corrected chi connectivity index (χ1v) is 8.83. The van der Waals surface area contributed by atoms with Crippen LogP contribution in [0.4, 0.5) is 0 Å². The first-order valence-electron chi connectivity index (χ1n) is 8.83. The lowest BCUT2D eigenvalue weighted by molar-refractivity contribution is -0.0789. The van der Waals surface area contributed by atoms with Crippen LogP contribution in [0.5, 0.6) is 0 Å². The number of aromatic nitrogens is 4. The molecule has 3 aromatic rings. The van der Waals surface area contributed by atoms with E-state index in [1.165, 1.54) is 0 Å². The van der Waals surface area contributed by atoms with Crippen LogP contribution in [0.15, 0.2) is 31.9 Å². The number of nitrogens with zero attached hydrogens (tertiary/aromatic N) is 5. The van der Waals surface area contributed by atoms with E-state index in [2.05, 4.69) is 25.2 Å². The number of morpholine rings is 1. The van der Waals surface area contributed by atoms with Crippen molar-refractivity contribution in [1.82, 2.24) is 25.2 Å². The lowest BCUT2D eigenvalue weighted by atomic mass is 10.1. The summed E-state index contributed by atoms with van der Waals surface area (Å²) in [4.78, 5) is 11.2. The van der Waals surface area contributed by atoms with Crippen LogP contribution >= 0.6 is 0 Å². The zero-order valence-electron chi connectivity index (χ0n) is 14.4. The van der Waals surface area contributed by atoms with Crippen molar-refractivity contribution in [2.24, 2.45) is 0 Å². The van der Waals surface area contributed by atoms with E-state index in [0.29, 0.717) is 49.0 Å². The van der Waals surface area contributed by atoms with Crippen molar-refractivity contribution in [2.75, 3.05) is 13.2 Å². The SMILES string of the molecule is C[C@H]1OCCN(Cc2nc(-c3ccco3)no2)[C@@H]1c1nc(C2CC2)no1. The summed E-state index contributed by atoms with van der Waals surface area (Å²) in [6, 6.07) is 3.45. The summed E-state index contributed by atoms with van der Waals surface area (Å²) >= 11 is 0. The van der Waals surface area contributed by atoms with Crippen LogP contribution in [0.2, 0.25) is 0 Å². The molecule has 2 aliphatic rings. The van der Waals surface area contributed by atoms with Crippen molar-refractivity contribution in [3.63, 3.8) is 0 Å². The molecule has 4 heterocycles. The average molecular weight is 357 g/mol. The van der Waals surface area contributed by atoms with Crippen LogP contribution in [0.3, 0.4) is 0 Å². The fraction of sp³-hybridized carbons (Fsp3) is 0.529. The van der Waals surface area contributed by atoms with Crippen molar-refractivity contribution < 1.29 is 18.2 Å². The van der Waals surface area contributed by atoms with E-state index < -0.39 is 0 Å². The molecule has 9 heteroatoms. The highest BCUT2D eigenvalue weighted by molar-refractivity contribution is 5.44. The molecule has 2 fully saturated rings. The van der Waals surface area contributed by atoms with Crippen molar-refractivity contribution in [3.05, 3.63) is 36.0 Å². The van der Waals surface area contributed by atoms with Crippen LogP contribution in [0.25, 0.3) is 11.6 Å². The Bertz CT molecular complexity index is 869. The number of rotatable bonds is 5. The highest BCUT2D eigenvalue weighted by atomic mass is 16.5. The smallest absolute Gasteiger partial charge is 0.246 e. The molecule has 3 aromatic heterocycles. The fourth-order valence-corrected chi connectivity index (χ4v) is 3.29. The van der Waals surface area contributed by atoms with Gasteiger partial charge < -0.3 is 18.2 Å². The Labute approximate surface area is 149 Å². The van der Waals surface area contributed by atoms with Gasteiger partial charge in [-0.1, -0.05) is 10.3 Å². The molecule has 0 amide bonds. The molecule has 2 atom stereocenters. The summed E-state index contributed by atoms with van der Waals surface area (Å²) in [5, 5.41) is 8.12. The highest BCUT2D eigenvalue weighted by Crippen LogP contribution is 2.39. The summed E-state index contributed by atoms with van der Waals surface area (Å²) in [6.45, 7) is 3.84. The first-order chi connectivity index (χ1) is 12.8. The third kappa shape index (κ3) is 2.93.